The first-order valence-corrected chi connectivity index (χ1v) is 8.97. The number of nitrogens with zero attached hydrogens (tertiary/aromatic N) is 3. The van der Waals surface area contributed by atoms with Crippen LogP contribution in [0.1, 0.15) is 17.7 Å². The molecule has 0 unspecified atom stereocenters. The SMILES string of the molecule is NC(=O)CSc1nc(=O)n(CCN2CCOCC2)c2c1CCC2. The van der Waals surface area contributed by atoms with Gasteiger partial charge in [-0.3, -0.25) is 14.3 Å². The highest BCUT2D eigenvalue weighted by Crippen LogP contribution is 2.28. The number of fused-ring (bicyclic) bond motifs is 1. The number of amides is 1. The first kappa shape index (κ1) is 16.5. The molecule has 23 heavy (non-hydrogen) atoms. The van der Waals surface area contributed by atoms with Crippen LogP contribution in [0, 0.1) is 0 Å². The second kappa shape index (κ2) is 7.46. The molecule has 0 aromatic carbocycles. The van der Waals surface area contributed by atoms with Gasteiger partial charge in [-0.15, -0.1) is 0 Å². The Kier molecular flexibility index (Phi) is 5.34. The van der Waals surface area contributed by atoms with E-state index in [1.165, 1.54) is 11.8 Å². The molecule has 1 amide bonds. The quantitative estimate of drug-likeness (QED) is 0.563. The predicted molar refractivity (Wildman–Crippen MR) is 87.7 cm³/mol. The standard InChI is InChI=1S/C15H22N4O3S/c16-13(20)10-23-14-11-2-1-3-12(11)19(15(21)17-14)5-4-18-6-8-22-9-7-18/h1-10H2,(H2,16,20). The lowest BCUT2D eigenvalue weighted by atomic mass is 10.2. The first-order valence-electron chi connectivity index (χ1n) is 7.99. The molecular formula is C15H22N4O3S. The lowest BCUT2D eigenvalue weighted by Gasteiger charge is -2.27. The maximum absolute atomic E-state index is 12.4. The van der Waals surface area contributed by atoms with Gasteiger partial charge in [-0.2, -0.15) is 4.98 Å². The van der Waals surface area contributed by atoms with Crippen molar-refractivity contribution in [3.05, 3.63) is 21.7 Å². The van der Waals surface area contributed by atoms with Gasteiger partial charge in [0.15, 0.2) is 0 Å². The number of hydrogen-bond donors (Lipinski definition) is 1. The molecule has 8 heteroatoms. The highest BCUT2D eigenvalue weighted by atomic mass is 32.2. The summed E-state index contributed by atoms with van der Waals surface area (Å²) in [5.74, 6) is -0.225. The minimum absolute atomic E-state index is 0.163. The second-order valence-electron chi connectivity index (χ2n) is 5.84. The van der Waals surface area contributed by atoms with Crippen molar-refractivity contribution in [3.8, 4) is 0 Å². The van der Waals surface area contributed by atoms with Crippen molar-refractivity contribution in [1.29, 1.82) is 0 Å². The number of ether oxygens (including phenoxy) is 1. The Hall–Kier alpha value is -1.38. The van der Waals surface area contributed by atoms with Crippen LogP contribution < -0.4 is 11.4 Å². The molecule has 0 radical (unpaired) electrons. The number of aromatic nitrogens is 2. The minimum atomic E-state index is -0.389. The lowest BCUT2D eigenvalue weighted by molar-refractivity contribution is -0.115. The van der Waals surface area contributed by atoms with Gasteiger partial charge in [0.05, 0.1) is 19.0 Å². The van der Waals surface area contributed by atoms with Crippen LogP contribution in [0.5, 0.6) is 0 Å². The van der Waals surface area contributed by atoms with Crippen LogP contribution in [0.2, 0.25) is 0 Å². The normalized spacial score (nSPS) is 18.1. The van der Waals surface area contributed by atoms with Crippen molar-refractivity contribution in [2.24, 2.45) is 5.73 Å². The molecule has 0 atom stereocenters. The zero-order valence-corrected chi connectivity index (χ0v) is 13.9. The minimum Gasteiger partial charge on any atom is -0.379 e. The Labute approximate surface area is 139 Å². The van der Waals surface area contributed by atoms with Crippen molar-refractivity contribution in [2.75, 3.05) is 38.6 Å². The molecule has 1 aromatic rings. The summed E-state index contributed by atoms with van der Waals surface area (Å²) in [7, 11) is 0. The molecule has 1 saturated heterocycles. The zero-order valence-electron chi connectivity index (χ0n) is 13.1. The molecule has 1 aliphatic heterocycles. The maximum Gasteiger partial charge on any atom is 0.348 e. The molecule has 2 aliphatic rings. The third-order valence-electron chi connectivity index (χ3n) is 4.30. The van der Waals surface area contributed by atoms with Gasteiger partial charge >= 0.3 is 5.69 Å². The van der Waals surface area contributed by atoms with E-state index in [2.05, 4.69) is 9.88 Å². The van der Waals surface area contributed by atoms with Gasteiger partial charge in [0.1, 0.15) is 5.03 Å². The van der Waals surface area contributed by atoms with Crippen LogP contribution in [0.4, 0.5) is 0 Å². The van der Waals surface area contributed by atoms with Crippen molar-refractivity contribution in [2.45, 2.75) is 30.8 Å². The molecule has 2 N–H and O–H groups in total. The fourth-order valence-corrected chi connectivity index (χ4v) is 3.96. The zero-order chi connectivity index (χ0) is 16.2. The van der Waals surface area contributed by atoms with Gasteiger partial charge < -0.3 is 10.5 Å². The number of primary amides is 1. The smallest absolute Gasteiger partial charge is 0.348 e. The molecule has 1 aromatic heterocycles. The molecule has 0 bridgehead atoms. The highest BCUT2D eigenvalue weighted by Gasteiger charge is 2.22. The second-order valence-corrected chi connectivity index (χ2v) is 6.80. The summed E-state index contributed by atoms with van der Waals surface area (Å²) >= 11 is 1.28. The van der Waals surface area contributed by atoms with Crippen molar-refractivity contribution in [3.63, 3.8) is 0 Å². The summed E-state index contributed by atoms with van der Waals surface area (Å²) in [4.78, 5) is 29.9. The number of nitrogens with two attached hydrogens (primary N) is 1. The fourth-order valence-electron chi connectivity index (χ4n) is 3.14. The van der Waals surface area contributed by atoms with Crippen LogP contribution in [0.15, 0.2) is 9.82 Å². The molecule has 7 nitrogen and oxygen atoms in total. The van der Waals surface area contributed by atoms with E-state index in [1.54, 1.807) is 0 Å². The van der Waals surface area contributed by atoms with E-state index in [1.807, 2.05) is 4.57 Å². The number of hydrogen-bond acceptors (Lipinski definition) is 6. The highest BCUT2D eigenvalue weighted by molar-refractivity contribution is 7.99. The molecule has 126 valence electrons. The summed E-state index contributed by atoms with van der Waals surface area (Å²) in [5, 5.41) is 0.684. The van der Waals surface area contributed by atoms with Crippen molar-refractivity contribution >= 4 is 17.7 Å². The van der Waals surface area contributed by atoms with Gasteiger partial charge in [-0.25, -0.2) is 4.79 Å². The lowest BCUT2D eigenvalue weighted by Crippen LogP contribution is -2.40. The van der Waals surface area contributed by atoms with E-state index in [4.69, 9.17) is 10.5 Å². The van der Waals surface area contributed by atoms with Crippen LogP contribution in [-0.4, -0.2) is 59.0 Å². The molecule has 1 fully saturated rings. The third-order valence-corrected chi connectivity index (χ3v) is 5.34. The fraction of sp³-hybridized carbons (Fsp3) is 0.667. The van der Waals surface area contributed by atoms with Gasteiger partial charge in [-0.1, -0.05) is 11.8 Å². The molecule has 2 heterocycles. The molecule has 1 aliphatic carbocycles. The topological polar surface area (TPSA) is 90.5 Å². The monoisotopic (exact) mass is 338 g/mol. The van der Waals surface area contributed by atoms with Gasteiger partial charge in [-0.05, 0) is 19.3 Å². The van der Waals surface area contributed by atoms with E-state index in [9.17, 15) is 9.59 Å². The number of morpholine rings is 1. The van der Waals surface area contributed by atoms with Crippen molar-refractivity contribution in [1.82, 2.24) is 14.5 Å². The average molecular weight is 338 g/mol. The number of carbonyl (C=O) groups excluding carboxylic acids is 1. The predicted octanol–water partition coefficient (Wildman–Crippen LogP) is -0.358. The molecule has 0 spiro atoms. The summed E-state index contributed by atoms with van der Waals surface area (Å²) in [6.45, 7) is 4.84. The Bertz CT molecular complexity index is 640. The van der Waals surface area contributed by atoms with Gasteiger partial charge in [0.25, 0.3) is 0 Å². The van der Waals surface area contributed by atoms with E-state index >= 15 is 0 Å². The van der Waals surface area contributed by atoms with E-state index in [0.717, 1.165) is 63.4 Å². The summed E-state index contributed by atoms with van der Waals surface area (Å²) in [5.41, 5.74) is 7.19. The van der Waals surface area contributed by atoms with Crippen molar-refractivity contribution < 1.29 is 9.53 Å². The Morgan fingerprint density at radius 2 is 2.04 bits per heavy atom. The molecule has 0 saturated carbocycles. The summed E-state index contributed by atoms with van der Waals surface area (Å²) < 4.78 is 7.16. The maximum atomic E-state index is 12.4. The van der Waals surface area contributed by atoms with E-state index < -0.39 is 0 Å². The number of carbonyl (C=O) groups is 1. The van der Waals surface area contributed by atoms with Crippen LogP contribution >= 0.6 is 11.8 Å². The Morgan fingerprint density at radius 3 is 2.78 bits per heavy atom. The number of rotatable bonds is 6. The first-order chi connectivity index (χ1) is 11.1. The molecule has 3 rings (SSSR count). The molecular weight excluding hydrogens is 316 g/mol. The largest absolute Gasteiger partial charge is 0.379 e. The Balaban J connectivity index is 1.76. The van der Waals surface area contributed by atoms with Gasteiger partial charge in [0.2, 0.25) is 5.91 Å². The van der Waals surface area contributed by atoms with Crippen LogP contribution in [-0.2, 0) is 28.9 Å². The summed E-state index contributed by atoms with van der Waals surface area (Å²) in [6, 6.07) is 0. The van der Waals surface area contributed by atoms with Crippen LogP contribution in [0.25, 0.3) is 0 Å². The van der Waals surface area contributed by atoms with E-state index in [-0.39, 0.29) is 17.3 Å². The Morgan fingerprint density at radius 1 is 1.26 bits per heavy atom. The third kappa shape index (κ3) is 3.94. The number of thioether (sulfide) groups is 1. The van der Waals surface area contributed by atoms with E-state index in [0.29, 0.717) is 11.6 Å². The average Bonchev–Trinajstić information content (AvgIpc) is 3.02. The van der Waals surface area contributed by atoms with Crippen LogP contribution in [0.3, 0.4) is 0 Å². The van der Waals surface area contributed by atoms with Gasteiger partial charge in [0, 0.05) is 37.4 Å². The summed E-state index contributed by atoms with van der Waals surface area (Å²) in [6.07, 6.45) is 2.85.